The number of benzene rings is 1. The third-order valence-electron chi connectivity index (χ3n) is 3.19. The molecule has 0 radical (unpaired) electrons. The molecule has 0 saturated carbocycles. The molecule has 0 aromatic heterocycles. The van der Waals surface area contributed by atoms with E-state index in [9.17, 15) is 14.9 Å². The lowest BCUT2D eigenvalue weighted by Gasteiger charge is -2.10. The van der Waals surface area contributed by atoms with Gasteiger partial charge in [-0.2, -0.15) is 11.8 Å². The Morgan fingerprint density at radius 3 is 2.95 bits per heavy atom. The second-order valence-corrected chi connectivity index (χ2v) is 5.72. The van der Waals surface area contributed by atoms with Crippen LogP contribution in [0.4, 0.5) is 11.4 Å². The zero-order valence-corrected chi connectivity index (χ0v) is 11.6. The maximum atomic E-state index is 12.0. The lowest BCUT2D eigenvalue weighted by atomic mass is 10.1. The second-order valence-electron chi connectivity index (χ2n) is 4.57. The normalized spacial score (nSPS) is 17.8. The molecule has 20 heavy (non-hydrogen) atoms. The van der Waals surface area contributed by atoms with Gasteiger partial charge in [-0.25, -0.2) is 0 Å². The van der Waals surface area contributed by atoms with Gasteiger partial charge in [0.05, 0.1) is 4.92 Å². The summed E-state index contributed by atoms with van der Waals surface area (Å²) in [6.07, 6.45) is 1.10. The van der Waals surface area contributed by atoms with E-state index in [2.05, 4.69) is 10.7 Å². The molecule has 1 amide bonds. The molecule has 1 aliphatic rings. The van der Waals surface area contributed by atoms with Gasteiger partial charge in [0.2, 0.25) is 0 Å². The van der Waals surface area contributed by atoms with Crippen LogP contribution in [0.25, 0.3) is 0 Å². The molecule has 1 heterocycles. The first kappa shape index (κ1) is 14.6. The van der Waals surface area contributed by atoms with E-state index in [4.69, 9.17) is 5.84 Å². The van der Waals surface area contributed by atoms with Gasteiger partial charge in [-0.3, -0.25) is 20.8 Å². The first-order chi connectivity index (χ1) is 9.61. The van der Waals surface area contributed by atoms with Crippen molar-refractivity contribution in [2.24, 2.45) is 11.8 Å². The first-order valence-corrected chi connectivity index (χ1v) is 7.38. The van der Waals surface area contributed by atoms with Crippen molar-refractivity contribution < 1.29 is 9.72 Å². The largest absolute Gasteiger partial charge is 0.352 e. The topological polar surface area (TPSA) is 110 Å². The highest BCUT2D eigenvalue weighted by atomic mass is 32.2. The van der Waals surface area contributed by atoms with Gasteiger partial charge in [-0.1, -0.05) is 0 Å². The molecule has 1 aliphatic heterocycles. The number of nitrogen functional groups attached to an aromatic ring is 1. The molecular weight excluding hydrogens is 280 g/mol. The summed E-state index contributed by atoms with van der Waals surface area (Å²) in [4.78, 5) is 22.3. The third kappa shape index (κ3) is 3.40. The fraction of sp³-hybridized carbons (Fsp3) is 0.417. The van der Waals surface area contributed by atoms with Crippen LogP contribution in [0.5, 0.6) is 0 Å². The number of nitrogens with one attached hydrogen (secondary N) is 2. The lowest BCUT2D eigenvalue weighted by molar-refractivity contribution is -0.384. The number of thioether (sulfide) groups is 1. The fourth-order valence-corrected chi connectivity index (χ4v) is 3.31. The van der Waals surface area contributed by atoms with Crippen molar-refractivity contribution in [2.45, 2.75) is 6.42 Å². The predicted octanol–water partition coefficient (Wildman–Crippen LogP) is 1.36. The summed E-state index contributed by atoms with van der Waals surface area (Å²) in [5, 5.41) is 13.7. The summed E-state index contributed by atoms with van der Waals surface area (Å²) in [5.41, 5.74) is 2.48. The van der Waals surface area contributed by atoms with Gasteiger partial charge in [0.25, 0.3) is 11.6 Å². The maximum Gasteiger partial charge on any atom is 0.294 e. The van der Waals surface area contributed by atoms with Gasteiger partial charge in [-0.05, 0) is 36.0 Å². The number of carbonyl (C=O) groups is 1. The molecule has 1 atom stereocenters. The minimum Gasteiger partial charge on any atom is -0.352 e. The molecule has 0 bridgehead atoms. The minimum absolute atomic E-state index is 0.179. The average molecular weight is 296 g/mol. The number of amides is 1. The molecule has 1 saturated heterocycles. The molecule has 108 valence electrons. The van der Waals surface area contributed by atoms with Crippen LogP contribution in [0, 0.1) is 16.0 Å². The Kier molecular flexibility index (Phi) is 4.80. The molecule has 8 heteroatoms. The smallest absolute Gasteiger partial charge is 0.294 e. The van der Waals surface area contributed by atoms with Gasteiger partial charge in [0, 0.05) is 18.2 Å². The summed E-state index contributed by atoms with van der Waals surface area (Å²) in [5.74, 6) is 7.57. The summed E-state index contributed by atoms with van der Waals surface area (Å²) in [7, 11) is 0. The molecule has 1 aromatic rings. The minimum atomic E-state index is -0.570. The van der Waals surface area contributed by atoms with Crippen LogP contribution in [0.2, 0.25) is 0 Å². The van der Waals surface area contributed by atoms with Crippen LogP contribution in [0.15, 0.2) is 18.2 Å². The Labute approximate surface area is 120 Å². The number of nitrogens with two attached hydrogens (primary N) is 1. The summed E-state index contributed by atoms with van der Waals surface area (Å²) >= 11 is 1.88. The number of hydrogen-bond donors (Lipinski definition) is 3. The van der Waals surface area contributed by atoms with Crippen LogP contribution >= 0.6 is 11.8 Å². The predicted molar refractivity (Wildman–Crippen MR) is 78.7 cm³/mol. The van der Waals surface area contributed by atoms with Crippen LogP contribution in [0.3, 0.4) is 0 Å². The van der Waals surface area contributed by atoms with Gasteiger partial charge in [0.15, 0.2) is 0 Å². The standard InChI is InChI=1S/C12H16N4O3S/c13-15-10-2-1-9(5-11(10)16(18)19)12(17)14-6-8-3-4-20-7-8/h1-2,5,8,15H,3-4,6-7,13H2,(H,14,17). The van der Waals surface area contributed by atoms with E-state index < -0.39 is 4.92 Å². The third-order valence-corrected chi connectivity index (χ3v) is 4.42. The zero-order chi connectivity index (χ0) is 14.5. The van der Waals surface area contributed by atoms with E-state index >= 15 is 0 Å². The van der Waals surface area contributed by atoms with E-state index in [0.29, 0.717) is 12.5 Å². The molecule has 1 fully saturated rings. The monoisotopic (exact) mass is 296 g/mol. The molecule has 0 aliphatic carbocycles. The number of nitro benzene ring substituents is 1. The van der Waals surface area contributed by atoms with Crippen LogP contribution in [0.1, 0.15) is 16.8 Å². The van der Waals surface area contributed by atoms with Crippen LogP contribution in [-0.2, 0) is 0 Å². The van der Waals surface area contributed by atoms with Crippen molar-refractivity contribution in [1.82, 2.24) is 5.32 Å². The van der Waals surface area contributed by atoms with E-state index in [1.165, 1.54) is 18.2 Å². The van der Waals surface area contributed by atoms with Crippen molar-refractivity contribution >= 4 is 29.0 Å². The second kappa shape index (κ2) is 6.58. The lowest BCUT2D eigenvalue weighted by Crippen LogP contribution is -2.29. The average Bonchev–Trinajstić information content (AvgIpc) is 2.97. The number of nitrogens with zero attached hydrogens (tertiary/aromatic N) is 1. The van der Waals surface area contributed by atoms with E-state index in [0.717, 1.165) is 17.9 Å². The Hall–Kier alpha value is -1.80. The number of hydrazine groups is 1. The van der Waals surface area contributed by atoms with Crippen molar-refractivity contribution in [2.75, 3.05) is 23.5 Å². The van der Waals surface area contributed by atoms with Crippen molar-refractivity contribution in [3.8, 4) is 0 Å². The summed E-state index contributed by atoms with van der Waals surface area (Å²) in [6.45, 7) is 0.608. The summed E-state index contributed by atoms with van der Waals surface area (Å²) in [6, 6.07) is 4.17. The van der Waals surface area contributed by atoms with E-state index in [1.54, 1.807) is 0 Å². The molecule has 7 nitrogen and oxygen atoms in total. The molecule has 1 aromatic carbocycles. The molecule has 1 unspecified atom stereocenters. The molecule has 2 rings (SSSR count). The number of anilines is 1. The van der Waals surface area contributed by atoms with Crippen LogP contribution in [-0.4, -0.2) is 28.9 Å². The van der Waals surface area contributed by atoms with Gasteiger partial charge in [-0.15, -0.1) is 0 Å². The number of rotatable bonds is 5. The van der Waals surface area contributed by atoms with Gasteiger partial charge in [0.1, 0.15) is 5.69 Å². The zero-order valence-electron chi connectivity index (χ0n) is 10.8. The highest BCUT2D eigenvalue weighted by Gasteiger charge is 2.19. The molecule has 4 N–H and O–H groups in total. The Balaban J connectivity index is 2.05. The van der Waals surface area contributed by atoms with Crippen molar-refractivity contribution in [3.05, 3.63) is 33.9 Å². The summed E-state index contributed by atoms with van der Waals surface area (Å²) < 4.78 is 0. The number of hydrogen-bond acceptors (Lipinski definition) is 6. The van der Waals surface area contributed by atoms with Crippen molar-refractivity contribution in [3.63, 3.8) is 0 Å². The van der Waals surface area contributed by atoms with E-state index in [-0.39, 0.29) is 22.8 Å². The maximum absolute atomic E-state index is 12.0. The Bertz CT molecular complexity index is 517. The van der Waals surface area contributed by atoms with Crippen LogP contribution < -0.4 is 16.6 Å². The number of nitro groups is 1. The van der Waals surface area contributed by atoms with E-state index in [1.807, 2.05) is 11.8 Å². The highest BCUT2D eigenvalue weighted by Crippen LogP contribution is 2.25. The SMILES string of the molecule is NNc1ccc(C(=O)NCC2CCSC2)cc1[N+](=O)[O-]. The van der Waals surface area contributed by atoms with Gasteiger partial charge < -0.3 is 10.7 Å². The Morgan fingerprint density at radius 1 is 1.55 bits per heavy atom. The molecular formula is C12H16N4O3S. The fourth-order valence-electron chi connectivity index (χ4n) is 2.03. The number of carbonyl (C=O) groups excluding carboxylic acids is 1. The highest BCUT2D eigenvalue weighted by molar-refractivity contribution is 7.99. The quantitative estimate of drug-likeness (QED) is 0.430. The first-order valence-electron chi connectivity index (χ1n) is 6.23. The van der Waals surface area contributed by atoms with Gasteiger partial charge >= 0.3 is 0 Å². The Morgan fingerprint density at radius 2 is 2.35 bits per heavy atom. The molecule has 0 spiro atoms. The van der Waals surface area contributed by atoms with Crippen molar-refractivity contribution in [1.29, 1.82) is 0 Å².